The Bertz CT molecular complexity index is 858. The summed E-state index contributed by atoms with van der Waals surface area (Å²) >= 11 is 0. The fourth-order valence-corrected chi connectivity index (χ4v) is 5.50. The SMILES string of the molecule is CNC(=O)NC1CCN(S(=O)(=O)c2ccccc2S(=O)(=O)C(F)F)C1. The zero-order valence-electron chi connectivity index (χ0n) is 13.1. The summed E-state index contributed by atoms with van der Waals surface area (Å²) in [7, 11) is -7.98. The number of nitrogens with zero attached hydrogens (tertiary/aromatic N) is 1. The van der Waals surface area contributed by atoms with Gasteiger partial charge in [0.2, 0.25) is 19.9 Å². The maximum atomic E-state index is 12.8. The molecular weight excluding hydrogens is 380 g/mol. The van der Waals surface area contributed by atoms with E-state index in [0.717, 1.165) is 16.4 Å². The van der Waals surface area contributed by atoms with Crippen molar-refractivity contribution in [2.75, 3.05) is 20.1 Å². The molecule has 25 heavy (non-hydrogen) atoms. The van der Waals surface area contributed by atoms with Crippen LogP contribution in [0.15, 0.2) is 34.1 Å². The molecule has 1 aliphatic heterocycles. The maximum Gasteiger partial charge on any atom is 0.341 e. The van der Waals surface area contributed by atoms with Gasteiger partial charge in [-0.25, -0.2) is 21.6 Å². The van der Waals surface area contributed by atoms with Gasteiger partial charge >= 0.3 is 11.8 Å². The lowest BCUT2D eigenvalue weighted by atomic mass is 10.3. The molecule has 0 aromatic heterocycles. The molecule has 2 N–H and O–H groups in total. The summed E-state index contributed by atoms with van der Waals surface area (Å²) in [5, 5.41) is 4.89. The van der Waals surface area contributed by atoms with Gasteiger partial charge in [0, 0.05) is 26.2 Å². The topological polar surface area (TPSA) is 113 Å². The first-order valence-electron chi connectivity index (χ1n) is 7.20. The van der Waals surface area contributed by atoms with E-state index in [-0.39, 0.29) is 13.1 Å². The third-order valence-electron chi connectivity index (χ3n) is 3.72. The average molecular weight is 397 g/mol. The van der Waals surface area contributed by atoms with E-state index in [2.05, 4.69) is 10.6 Å². The van der Waals surface area contributed by atoms with E-state index in [4.69, 9.17) is 0 Å². The van der Waals surface area contributed by atoms with Crippen molar-refractivity contribution in [2.45, 2.75) is 28.0 Å². The summed E-state index contributed by atoms with van der Waals surface area (Å²) in [5.41, 5.74) is 0. The molecule has 0 spiro atoms. The summed E-state index contributed by atoms with van der Waals surface area (Å²) in [5.74, 6) is -3.73. The lowest BCUT2D eigenvalue weighted by Gasteiger charge is -2.19. The lowest BCUT2D eigenvalue weighted by Crippen LogP contribution is -2.42. The lowest BCUT2D eigenvalue weighted by molar-refractivity contribution is 0.234. The quantitative estimate of drug-likeness (QED) is 0.746. The minimum absolute atomic E-state index is 0.0278. The first-order chi connectivity index (χ1) is 11.6. The number of hydrogen-bond donors (Lipinski definition) is 2. The molecule has 0 radical (unpaired) electrons. The number of carbonyl (C=O) groups is 1. The zero-order chi connectivity index (χ0) is 18.8. The van der Waals surface area contributed by atoms with Gasteiger partial charge in [0.25, 0.3) is 0 Å². The van der Waals surface area contributed by atoms with Gasteiger partial charge in [-0.05, 0) is 18.6 Å². The van der Waals surface area contributed by atoms with Gasteiger partial charge in [-0.3, -0.25) is 0 Å². The standard InChI is InChI=1S/C13H17F2N3O5S2/c1-16-13(19)17-9-6-7-18(8-9)25(22,23)11-5-3-2-4-10(11)24(20,21)12(14)15/h2-5,9,12H,6-8H2,1H3,(H2,16,17,19). The van der Waals surface area contributed by atoms with Crippen molar-refractivity contribution in [1.82, 2.24) is 14.9 Å². The first kappa shape index (κ1) is 19.5. The van der Waals surface area contributed by atoms with Gasteiger partial charge in [-0.15, -0.1) is 0 Å². The second-order valence-electron chi connectivity index (χ2n) is 5.32. The second-order valence-corrected chi connectivity index (χ2v) is 9.12. The summed E-state index contributed by atoms with van der Waals surface area (Å²) in [4.78, 5) is 9.67. The number of sulfonamides is 1. The van der Waals surface area contributed by atoms with Crippen molar-refractivity contribution < 1.29 is 30.4 Å². The Morgan fingerprint density at radius 2 is 1.80 bits per heavy atom. The van der Waals surface area contributed by atoms with Gasteiger partial charge in [0.15, 0.2) is 0 Å². The number of urea groups is 1. The van der Waals surface area contributed by atoms with Crippen molar-refractivity contribution in [3.63, 3.8) is 0 Å². The molecule has 1 aliphatic rings. The second kappa shape index (κ2) is 7.22. The van der Waals surface area contributed by atoms with Crippen LogP contribution in [0.5, 0.6) is 0 Å². The van der Waals surface area contributed by atoms with Crippen molar-refractivity contribution >= 4 is 25.9 Å². The van der Waals surface area contributed by atoms with Crippen LogP contribution in [0.25, 0.3) is 0 Å². The van der Waals surface area contributed by atoms with Crippen LogP contribution in [0.3, 0.4) is 0 Å². The van der Waals surface area contributed by atoms with Crippen LogP contribution in [0.4, 0.5) is 13.6 Å². The van der Waals surface area contributed by atoms with Crippen LogP contribution in [0.1, 0.15) is 6.42 Å². The molecule has 1 aromatic carbocycles. The predicted molar refractivity (Wildman–Crippen MR) is 84.4 cm³/mol. The molecule has 1 heterocycles. The number of hydrogen-bond acceptors (Lipinski definition) is 5. The Labute approximate surface area is 144 Å². The Morgan fingerprint density at radius 1 is 1.20 bits per heavy atom. The van der Waals surface area contributed by atoms with Gasteiger partial charge in [0.05, 0.1) is 4.90 Å². The zero-order valence-corrected chi connectivity index (χ0v) is 14.8. The van der Waals surface area contributed by atoms with E-state index < -0.39 is 47.5 Å². The molecule has 0 aliphatic carbocycles. The molecule has 2 amide bonds. The van der Waals surface area contributed by atoms with Crippen LogP contribution in [-0.2, 0) is 19.9 Å². The molecule has 1 fully saturated rings. The third kappa shape index (κ3) is 3.90. The highest BCUT2D eigenvalue weighted by molar-refractivity contribution is 7.93. The number of nitrogens with one attached hydrogen (secondary N) is 2. The van der Waals surface area contributed by atoms with Crippen LogP contribution in [0, 0.1) is 0 Å². The highest BCUT2D eigenvalue weighted by Gasteiger charge is 2.38. The molecule has 8 nitrogen and oxygen atoms in total. The number of carbonyl (C=O) groups excluding carboxylic acids is 1. The molecule has 1 saturated heterocycles. The van der Waals surface area contributed by atoms with Gasteiger partial charge in [-0.1, -0.05) is 12.1 Å². The summed E-state index contributed by atoms with van der Waals surface area (Å²) in [6.45, 7) is -0.0567. The molecule has 1 aromatic rings. The molecule has 0 bridgehead atoms. The van der Waals surface area contributed by atoms with Gasteiger partial charge in [-0.2, -0.15) is 13.1 Å². The smallest absolute Gasteiger partial charge is 0.341 e. The fourth-order valence-electron chi connectivity index (χ4n) is 2.46. The van der Waals surface area contributed by atoms with E-state index in [1.54, 1.807) is 0 Å². The first-order valence-corrected chi connectivity index (χ1v) is 10.2. The highest BCUT2D eigenvalue weighted by Crippen LogP contribution is 2.29. The van der Waals surface area contributed by atoms with E-state index >= 15 is 0 Å². The Hall–Kier alpha value is -1.79. The van der Waals surface area contributed by atoms with Crippen LogP contribution in [0.2, 0.25) is 0 Å². The minimum Gasteiger partial charge on any atom is -0.341 e. The Balaban J connectivity index is 2.35. The Morgan fingerprint density at radius 3 is 2.36 bits per heavy atom. The van der Waals surface area contributed by atoms with Crippen molar-refractivity contribution in [3.05, 3.63) is 24.3 Å². The van der Waals surface area contributed by atoms with Crippen molar-refractivity contribution in [2.24, 2.45) is 0 Å². The van der Waals surface area contributed by atoms with Gasteiger partial charge in [0.1, 0.15) is 4.90 Å². The van der Waals surface area contributed by atoms with Crippen LogP contribution < -0.4 is 10.6 Å². The van der Waals surface area contributed by atoms with Crippen molar-refractivity contribution in [3.8, 4) is 0 Å². The normalized spacial score (nSPS) is 19.1. The number of sulfone groups is 1. The third-order valence-corrected chi connectivity index (χ3v) is 7.21. The molecule has 0 saturated carbocycles. The summed E-state index contributed by atoms with van der Waals surface area (Å²) in [6.07, 6.45) is 0.316. The molecule has 140 valence electrons. The van der Waals surface area contributed by atoms with Crippen LogP contribution >= 0.6 is 0 Å². The highest BCUT2D eigenvalue weighted by atomic mass is 32.2. The fraction of sp³-hybridized carbons (Fsp3) is 0.462. The van der Waals surface area contributed by atoms with Crippen molar-refractivity contribution in [1.29, 1.82) is 0 Å². The van der Waals surface area contributed by atoms with E-state index in [9.17, 15) is 30.4 Å². The number of benzene rings is 1. The van der Waals surface area contributed by atoms with E-state index in [1.807, 2.05) is 0 Å². The maximum absolute atomic E-state index is 12.8. The average Bonchev–Trinajstić information content (AvgIpc) is 3.03. The number of amides is 2. The summed E-state index contributed by atoms with van der Waals surface area (Å²) < 4.78 is 75.6. The molecule has 12 heteroatoms. The molecule has 2 rings (SSSR count). The monoisotopic (exact) mass is 397 g/mol. The van der Waals surface area contributed by atoms with E-state index in [1.165, 1.54) is 19.2 Å². The molecule has 1 atom stereocenters. The predicted octanol–water partition coefficient (Wildman–Crippen LogP) is 0.375. The van der Waals surface area contributed by atoms with Crippen LogP contribution in [-0.4, -0.2) is 59.1 Å². The molecule has 1 unspecified atom stereocenters. The molecular formula is C13H17F2N3O5S2. The summed E-state index contributed by atoms with van der Waals surface area (Å²) in [6, 6.07) is 3.30. The number of rotatable bonds is 5. The van der Waals surface area contributed by atoms with E-state index in [0.29, 0.717) is 6.42 Å². The Kier molecular flexibility index (Phi) is 5.64. The number of halogens is 2. The largest absolute Gasteiger partial charge is 0.341 e. The van der Waals surface area contributed by atoms with Gasteiger partial charge < -0.3 is 10.6 Å². The number of alkyl halides is 2. The minimum atomic E-state index is -5.08.